The van der Waals surface area contributed by atoms with Gasteiger partial charge in [-0.15, -0.1) is 0 Å². The molecule has 0 saturated heterocycles. The minimum atomic E-state index is -1.13. The van der Waals surface area contributed by atoms with Gasteiger partial charge in [0.2, 0.25) is 0 Å². The second-order valence-electron chi connectivity index (χ2n) is 5.85. The fourth-order valence-electron chi connectivity index (χ4n) is 2.65. The Kier molecular flexibility index (Phi) is 4.73. The Morgan fingerprint density at radius 3 is 2.35 bits per heavy atom. The molecule has 0 aliphatic rings. The van der Waals surface area contributed by atoms with Crippen molar-refractivity contribution in [1.82, 2.24) is 15.1 Å². The molecule has 1 amide bonds. The standard InChI is InChI=1S/C18H14ClF2N3O2/c1-9(24(2)18(26)10-3-5-11(19)6-4-10)16-12-7-14(20)15(21)8-13(12)17(25)23-22-16/h3-9H,1-2H3,(H,23,25)/t9-/m0/s1. The average molecular weight is 378 g/mol. The summed E-state index contributed by atoms with van der Waals surface area (Å²) >= 11 is 5.83. The van der Waals surface area contributed by atoms with Crippen molar-refractivity contribution in [3.63, 3.8) is 0 Å². The van der Waals surface area contributed by atoms with Gasteiger partial charge in [-0.25, -0.2) is 13.9 Å². The molecule has 8 heteroatoms. The van der Waals surface area contributed by atoms with Crippen LogP contribution in [0.2, 0.25) is 5.02 Å². The molecule has 3 rings (SSSR count). The van der Waals surface area contributed by atoms with Crippen molar-refractivity contribution in [2.24, 2.45) is 0 Å². The fraction of sp³-hybridized carbons (Fsp3) is 0.167. The number of aromatic amines is 1. The number of fused-ring (bicyclic) bond motifs is 1. The molecule has 5 nitrogen and oxygen atoms in total. The SMILES string of the molecule is C[C@@H](c1n[nH]c(=O)c2cc(F)c(F)cc12)N(C)C(=O)c1ccc(Cl)cc1. The highest BCUT2D eigenvalue weighted by molar-refractivity contribution is 6.30. The molecular weight excluding hydrogens is 364 g/mol. The molecule has 2 aromatic carbocycles. The molecule has 1 aromatic heterocycles. The first-order valence-corrected chi connectivity index (χ1v) is 8.07. The van der Waals surface area contributed by atoms with Crippen LogP contribution in [0.15, 0.2) is 41.2 Å². The summed E-state index contributed by atoms with van der Waals surface area (Å²) in [4.78, 5) is 25.9. The average Bonchev–Trinajstić information content (AvgIpc) is 2.62. The van der Waals surface area contributed by atoms with Crippen molar-refractivity contribution in [2.75, 3.05) is 7.05 Å². The van der Waals surface area contributed by atoms with Crippen LogP contribution in [0, 0.1) is 11.6 Å². The molecule has 0 aliphatic carbocycles. The van der Waals surface area contributed by atoms with Gasteiger partial charge in [-0.05, 0) is 43.3 Å². The molecule has 3 aromatic rings. The number of carbonyl (C=O) groups is 1. The van der Waals surface area contributed by atoms with Gasteiger partial charge in [0.05, 0.1) is 17.1 Å². The first-order valence-electron chi connectivity index (χ1n) is 7.69. The van der Waals surface area contributed by atoms with E-state index in [9.17, 15) is 18.4 Å². The van der Waals surface area contributed by atoms with E-state index in [-0.39, 0.29) is 22.4 Å². The number of amides is 1. The number of nitrogens with one attached hydrogen (secondary N) is 1. The largest absolute Gasteiger partial charge is 0.333 e. The maximum Gasteiger partial charge on any atom is 0.272 e. The van der Waals surface area contributed by atoms with Crippen LogP contribution in [-0.2, 0) is 0 Å². The Morgan fingerprint density at radius 1 is 1.15 bits per heavy atom. The lowest BCUT2D eigenvalue weighted by atomic mass is 10.0. The van der Waals surface area contributed by atoms with Crippen LogP contribution in [0.4, 0.5) is 8.78 Å². The number of benzene rings is 2. The molecule has 0 fully saturated rings. The molecule has 0 bridgehead atoms. The second-order valence-corrected chi connectivity index (χ2v) is 6.29. The van der Waals surface area contributed by atoms with E-state index in [0.29, 0.717) is 10.6 Å². The van der Waals surface area contributed by atoms with Crippen LogP contribution in [0.1, 0.15) is 29.0 Å². The van der Waals surface area contributed by atoms with Crippen molar-refractivity contribution < 1.29 is 13.6 Å². The molecule has 0 aliphatic heterocycles. The topological polar surface area (TPSA) is 66.1 Å². The molecule has 0 saturated carbocycles. The van der Waals surface area contributed by atoms with Gasteiger partial charge in [-0.2, -0.15) is 5.10 Å². The predicted octanol–water partition coefficient (Wildman–Crippen LogP) is 3.69. The number of nitrogens with zero attached hydrogens (tertiary/aromatic N) is 2. The quantitative estimate of drug-likeness (QED) is 0.757. The molecule has 0 spiro atoms. The van der Waals surface area contributed by atoms with E-state index in [2.05, 4.69) is 10.2 Å². The summed E-state index contributed by atoms with van der Waals surface area (Å²) in [6.45, 7) is 1.68. The van der Waals surface area contributed by atoms with Crippen molar-refractivity contribution >= 4 is 28.3 Å². The van der Waals surface area contributed by atoms with E-state index in [1.54, 1.807) is 38.2 Å². The maximum absolute atomic E-state index is 13.7. The third-order valence-corrected chi connectivity index (χ3v) is 4.50. The molecule has 0 radical (unpaired) electrons. The van der Waals surface area contributed by atoms with Crippen LogP contribution in [-0.4, -0.2) is 28.1 Å². The predicted molar refractivity (Wildman–Crippen MR) is 94.2 cm³/mol. The Bertz CT molecular complexity index is 1050. The number of H-pyrrole nitrogens is 1. The van der Waals surface area contributed by atoms with E-state index >= 15 is 0 Å². The van der Waals surface area contributed by atoms with Gasteiger partial charge in [0.25, 0.3) is 11.5 Å². The van der Waals surface area contributed by atoms with Gasteiger partial charge >= 0.3 is 0 Å². The van der Waals surface area contributed by atoms with E-state index in [0.717, 1.165) is 12.1 Å². The highest BCUT2D eigenvalue weighted by Crippen LogP contribution is 2.26. The summed E-state index contributed by atoms with van der Waals surface area (Å²) in [5, 5.41) is 6.83. The third kappa shape index (κ3) is 3.17. The lowest BCUT2D eigenvalue weighted by molar-refractivity contribution is 0.0740. The van der Waals surface area contributed by atoms with Gasteiger partial charge in [0.1, 0.15) is 0 Å². The van der Waals surface area contributed by atoms with Gasteiger partial charge in [0.15, 0.2) is 11.6 Å². The van der Waals surface area contributed by atoms with Gasteiger partial charge < -0.3 is 4.90 Å². The van der Waals surface area contributed by atoms with E-state index < -0.39 is 23.2 Å². The zero-order valence-corrected chi connectivity index (χ0v) is 14.6. The van der Waals surface area contributed by atoms with E-state index in [1.165, 1.54) is 4.90 Å². The molecule has 1 heterocycles. The third-order valence-electron chi connectivity index (χ3n) is 4.25. The lowest BCUT2D eigenvalue weighted by Gasteiger charge is -2.25. The number of aromatic nitrogens is 2. The van der Waals surface area contributed by atoms with Crippen LogP contribution in [0.3, 0.4) is 0 Å². The Morgan fingerprint density at radius 2 is 1.73 bits per heavy atom. The monoisotopic (exact) mass is 377 g/mol. The number of hydrogen-bond donors (Lipinski definition) is 1. The number of rotatable bonds is 3. The maximum atomic E-state index is 13.7. The summed E-state index contributed by atoms with van der Waals surface area (Å²) < 4.78 is 27.2. The van der Waals surface area contributed by atoms with E-state index in [1.807, 2.05) is 0 Å². The summed E-state index contributed by atoms with van der Waals surface area (Å²) in [6, 6.07) is 7.49. The Balaban J connectivity index is 2.04. The van der Waals surface area contributed by atoms with Crippen molar-refractivity contribution in [3.8, 4) is 0 Å². The summed E-state index contributed by atoms with van der Waals surface area (Å²) in [5.41, 5.74) is 0.0274. The Hall–Kier alpha value is -2.80. The number of carbonyl (C=O) groups excluding carboxylic acids is 1. The highest BCUT2D eigenvalue weighted by atomic mass is 35.5. The van der Waals surface area contributed by atoms with Crippen molar-refractivity contribution in [1.29, 1.82) is 0 Å². The highest BCUT2D eigenvalue weighted by Gasteiger charge is 2.23. The minimum Gasteiger partial charge on any atom is -0.333 e. The summed E-state index contributed by atoms with van der Waals surface area (Å²) in [5.74, 6) is -2.53. The molecular formula is C18H14ClF2N3O2. The van der Waals surface area contributed by atoms with Gasteiger partial charge in [0, 0.05) is 23.0 Å². The molecule has 1 N–H and O–H groups in total. The molecule has 134 valence electrons. The van der Waals surface area contributed by atoms with Crippen molar-refractivity contribution in [2.45, 2.75) is 13.0 Å². The first-order chi connectivity index (χ1) is 12.3. The molecule has 26 heavy (non-hydrogen) atoms. The Labute approximate surface area is 152 Å². The zero-order valence-electron chi connectivity index (χ0n) is 13.9. The first kappa shape index (κ1) is 18.0. The van der Waals surface area contributed by atoms with Gasteiger partial charge in [-0.1, -0.05) is 11.6 Å². The second kappa shape index (κ2) is 6.84. The van der Waals surface area contributed by atoms with E-state index in [4.69, 9.17) is 11.6 Å². The summed E-state index contributed by atoms with van der Waals surface area (Å²) in [6.07, 6.45) is 0. The molecule has 1 atom stereocenters. The van der Waals surface area contributed by atoms with Crippen LogP contribution in [0.25, 0.3) is 10.8 Å². The van der Waals surface area contributed by atoms with Gasteiger partial charge in [-0.3, -0.25) is 9.59 Å². The number of hydrogen-bond acceptors (Lipinski definition) is 3. The number of halogens is 3. The summed E-state index contributed by atoms with van der Waals surface area (Å²) in [7, 11) is 1.56. The fourth-order valence-corrected chi connectivity index (χ4v) is 2.78. The smallest absolute Gasteiger partial charge is 0.272 e. The zero-order chi connectivity index (χ0) is 19.0. The van der Waals surface area contributed by atoms with Crippen LogP contribution < -0.4 is 5.56 Å². The minimum absolute atomic E-state index is 0.0342. The van der Waals surface area contributed by atoms with Crippen LogP contribution >= 0.6 is 11.6 Å². The lowest BCUT2D eigenvalue weighted by Crippen LogP contribution is -2.31. The van der Waals surface area contributed by atoms with Crippen LogP contribution in [0.5, 0.6) is 0 Å². The normalized spacial score (nSPS) is 12.2. The molecule has 0 unspecified atom stereocenters. The van der Waals surface area contributed by atoms with Crippen molar-refractivity contribution in [3.05, 3.63) is 74.7 Å².